The van der Waals surface area contributed by atoms with Crippen molar-refractivity contribution in [3.63, 3.8) is 0 Å². The number of rotatable bonds is 1. The average molecular weight is 440 g/mol. The van der Waals surface area contributed by atoms with Gasteiger partial charge in [-0.2, -0.15) is 0 Å². The van der Waals surface area contributed by atoms with E-state index in [0.29, 0.717) is 19.4 Å². The molecule has 0 bridgehead atoms. The molecule has 2 aliphatic rings. The van der Waals surface area contributed by atoms with Gasteiger partial charge < -0.3 is 10.5 Å². The van der Waals surface area contributed by atoms with Gasteiger partial charge in [-0.3, -0.25) is 10.3 Å². The van der Waals surface area contributed by atoms with Gasteiger partial charge in [0.1, 0.15) is 39.1 Å². The number of hydrogen-bond acceptors (Lipinski definition) is 7. The number of nitrogens with two attached hydrogens (primary N) is 1. The molecule has 0 aromatic carbocycles. The molecule has 0 unspecified atom stereocenters. The number of amidine groups is 1. The third-order valence-corrected chi connectivity index (χ3v) is 9.22. The number of ether oxygens (including phenoxy) is 1. The van der Waals surface area contributed by atoms with Crippen LogP contribution in [0.5, 0.6) is 0 Å². The van der Waals surface area contributed by atoms with Crippen LogP contribution in [0.1, 0.15) is 60.1 Å². The monoisotopic (exact) mass is 439 g/mol. The van der Waals surface area contributed by atoms with Crippen LogP contribution in [0.4, 0.5) is 15.0 Å². The van der Waals surface area contributed by atoms with E-state index in [1.54, 1.807) is 41.5 Å². The van der Waals surface area contributed by atoms with Gasteiger partial charge >= 0.3 is 6.09 Å². The molecule has 3 heterocycles. The van der Waals surface area contributed by atoms with Crippen molar-refractivity contribution in [1.82, 2.24) is 10.3 Å². The van der Waals surface area contributed by atoms with Gasteiger partial charge in [-0.25, -0.2) is 22.7 Å². The Balaban J connectivity index is 2.22. The van der Waals surface area contributed by atoms with Gasteiger partial charge in [0, 0.05) is 6.54 Å². The third-order valence-electron chi connectivity index (χ3n) is 5.53. The van der Waals surface area contributed by atoms with Gasteiger partial charge in [-0.1, -0.05) is 0 Å². The first-order valence-electron chi connectivity index (χ1n) is 9.95. The summed E-state index contributed by atoms with van der Waals surface area (Å²) in [7, 11) is -2.96. The minimum Gasteiger partial charge on any atom is -0.444 e. The number of alkyl carbamates (subject to hydrolysis) is 1. The van der Waals surface area contributed by atoms with Gasteiger partial charge in [0.2, 0.25) is 0 Å². The van der Waals surface area contributed by atoms with Crippen LogP contribution in [-0.4, -0.2) is 43.3 Å². The van der Waals surface area contributed by atoms with Crippen molar-refractivity contribution in [2.75, 3.05) is 12.3 Å². The lowest BCUT2D eigenvalue weighted by atomic mass is 9.89. The van der Waals surface area contributed by atoms with Crippen molar-refractivity contribution >= 4 is 27.5 Å². The molecule has 0 radical (unpaired) electrons. The number of nitrogens with zero attached hydrogens (tertiary/aromatic N) is 3. The average Bonchev–Trinajstić information content (AvgIpc) is 2.60. The van der Waals surface area contributed by atoms with Crippen LogP contribution in [0, 0.1) is 5.82 Å². The van der Waals surface area contributed by atoms with E-state index in [0.717, 1.165) is 0 Å². The van der Waals surface area contributed by atoms with E-state index in [1.165, 1.54) is 12.1 Å². The second-order valence-corrected chi connectivity index (χ2v) is 12.3. The summed E-state index contributed by atoms with van der Waals surface area (Å²) in [5, 5.41) is 2.07. The van der Waals surface area contributed by atoms with Crippen LogP contribution in [0.25, 0.3) is 0 Å². The normalized spacial score (nSPS) is 30.5. The van der Waals surface area contributed by atoms with Crippen molar-refractivity contribution in [3.05, 3.63) is 23.6 Å². The number of amides is 1. The highest BCUT2D eigenvalue weighted by molar-refractivity contribution is 7.96. The summed E-state index contributed by atoms with van der Waals surface area (Å²) >= 11 is 0. The predicted octanol–water partition coefficient (Wildman–Crippen LogP) is 3.36. The number of halogens is 1. The number of aromatic nitrogens is 1. The second-order valence-electron chi connectivity index (χ2n) is 9.36. The van der Waals surface area contributed by atoms with E-state index < -0.39 is 42.8 Å². The van der Waals surface area contributed by atoms with Gasteiger partial charge in [-0.05, 0) is 66.5 Å². The Labute approximate surface area is 177 Å². The van der Waals surface area contributed by atoms with Crippen LogP contribution in [0.2, 0.25) is 0 Å². The maximum absolute atomic E-state index is 14.9. The number of nitrogen functional groups attached to an aromatic ring is 1. The Kier molecular flexibility index (Phi) is 5.37. The molecule has 1 aromatic heterocycles. The lowest BCUT2D eigenvalue weighted by Gasteiger charge is -2.48. The van der Waals surface area contributed by atoms with Crippen molar-refractivity contribution in [2.24, 2.45) is 9.36 Å². The van der Waals surface area contributed by atoms with Crippen LogP contribution in [-0.2, 0) is 20.0 Å². The Morgan fingerprint density at radius 1 is 1.33 bits per heavy atom. The molecule has 3 rings (SSSR count). The molecule has 3 N–H and O–H groups in total. The van der Waals surface area contributed by atoms with E-state index in [9.17, 15) is 13.4 Å². The van der Waals surface area contributed by atoms with Crippen molar-refractivity contribution < 1.29 is 18.1 Å². The molecule has 0 aliphatic carbocycles. The Hall–Kier alpha value is -2.23. The quantitative estimate of drug-likeness (QED) is 0.695. The molecule has 8 nitrogen and oxygen atoms in total. The van der Waals surface area contributed by atoms with Gasteiger partial charge in [-0.15, -0.1) is 0 Å². The second kappa shape index (κ2) is 7.18. The number of fused-ring (bicyclic) bond motifs is 1. The minimum atomic E-state index is -2.96. The fourth-order valence-electron chi connectivity index (χ4n) is 4.01. The summed E-state index contributed by atoms with van der Waals surface area (Å²) in [5.74, 6) is -0.331. The minimum absolute atomic E-state index is 0.00341. The number of aliphatic imine (C=N–C) groups is 1. The molecule has 0 fully saturated rings. The molecule has 30 heavy (non-hydrogen) atoms. The highest BCUT2D eigenvalue weighted by Gasteiger charge is 2.57. The summed E-state index contributed by atoms with van der Waals surface area (Å²) < 4.78 is 37.9. The lowest BCUT2D eigenvalue weighted by Crippen LogP contribution is -2.62. The molecule has 0 spiro atoms. The summed E-state index contributed by atoms with van der Waals surface area (Å²) in [4.78, 5) is 21.4. The largest absolute Gasteiger partial charge is 0.444 e. The SMILES string of the molecule is CC(C)(C)OC(=O)NC1=N[C@](C)(c2nc(N)ccc2F)[C@H]2CCCN=[S@@]2(=O)C1(C)C. The summed E-state index contributed by atoms with van der Waals surface area (Å²) in [6, 6.07) is 2.59. The summed E-state index contributed by atoms with van der Waals surface area (Å²) in [5.41, 5.74) is 3.77. The summed E-state index contributed by atoms with van der Waals surface area (Å²) in [6.45, 7) is 10.8. The Morgan fingerprint density at radius 3 is 2.63 bits per heavy atom. The number of hydrogen-bond donors (Lipinski definition) is 2. The third kappa shape index (κ3) is 3.66. The van der Waals surface area contributed by atoms with E-state index in [2.05, 4.69) is 14.7 Å². The number of pyridine rings is 1. The van der Waals surface area contributed by atoms with Crippen molar-refractivity contribution in [1.29, 1.82) is 0 Å². The highest BCUT2D eigenvalue weighted by Crippen LogP contribution is 2.47. The smallest absolute Gasteiger partial charge is 0.413 e. The zero-order chi connectivity index (χ0) is 22.5. The number of carbonyl (C=O) groups is 1. The van der Waals surface area contributed by atoms with Crippen molar-refractivity contribution in [2.45, 2.75) is 75.5 Å². The first-order chi connectivity index (χ1) is 13.7. The first kappa shape index (κ1) is 22.5. The molecule has 0 saturated carbocycles. The lowest BCUT2D eigenvalue weighted by molar-refractivity contribution is 0.0560. The maximum Gasteiger partial charge on any atom is 0.413 e. The molecule has 1 aromatic rings. The molecule has 2 aliphatic heterocycles. The molecule has 3 atom stereocenters. The molecular weight excluding hydrogens is 409 g/mol. The fraction of sp³-hybridized carbons (Fsp3) is 0.650. The fourth-order valence-corrected chi connectivity index (χ4v) is 7.27. The van der Waals surface area contributed by atoms with Crippen LogP contribution in [0.3, 0.4) is 0 Å². The zero-order valence-electron chi connectivity index (χ0n) is 18.3. The molecule has 166 valence electrons. The molecule has 1 amide bonds. The first-order valence-corrected chi connectivity index (χ1v) is 11.5. The topological polar surface area (TPSA) is 119 Å². The summed E-state index contributed by atoms with van der Waals surface area (Å²) in [6.07, 6.45) is 0.526. The molecular formula is C20H30FN5O3S. The highest BCUT2D eigenvalue weighted by atomic mass is 32.2. The maximum atomic E-state index is 14.9. The number of anilines is 1. The van der Waals surface area contributed by atoms with Crippen molar-refractivity contribution in [3.8, 4) is 0 Å². The van der Waals surface area contributed by atoms with E-state index >= 15 is 0 Å². The van der Waals surface area contributed by atoms with E-state index in [-0.39, 0.29) is 17.3 Å². The Bertz CT molecular complexity index is 1020. The molecule has 0 saturated heterocycles. The van der Waals surface area contributed by atoms with Crippen LogP contribution < -0.4 is 11.1 Å². The zero-order valence-corrected chi connectivity index (χ0v) is 19.1. The van der Waals surface area contributed by atoms with Gasteiger partial charge in [0.25, 0.3) is 0 Å². The number of carbonyl (C=O) groups excluding carboxylic acids is 1. The standard InChI is InChI=1S/C20H30FN5O3S/c1-18(2,3)29-17(27)25-16-19(4,5)30(28)13(8-7-11-23-30)20(6,26-16)15-12(21)9-10-14(22)24-15/h9-10,13H,7-8,11H2,1-6H3,(H2,22,24)(H,25,26,27)/t13-,20+,30+/m1/s1. The van der Waals surface area contributed by atoms with Gasteiger partial charge in [0.05, 0.1) is 15.0 Å². The van der Waals surface area contributed by atoms with Crippen LogP contribution >= 0.6 is 0 Å². The van der Waals surface area contributed by atoms with E-state index in [1.807, 2.05) is 0 Å². The molecule has 10 heteroatoms. The van der Waals surface area contributed by atoms with Gasteiger partial charge in [0.15, 0.2) is 0 Å². The number of nitrogens with one attached hydrogen (secondary N) is 1. The predicted molar refractivity (Wildman–Crippen MR) is 115 cm³/mol. The van der Waals surface area contributed by atoms with Crippen LogP contribution in [0.15, 0.2) is 21.5 Å². The van der Waals surface area contributed by atoms with E-state index in [4.69, 9.17) is 15.5 Å². The Morgan fingerprint density at radius 2 is 2.00 bits per heavy atom.